The first-order chi connectivity index (χ1) is 8.33. The molecule has 0 aliphatic heterocycles. The standard InChI is InChI=1S/C11H17N3O3Si/c1-12-9-7-14(10(13-9)11(15)16)8-17-5-6-18(2,3)4/h7H,5-6,8H2,2-4H3,(H,15,16). The van der Waals surface area contributed by atoms with E-state index in [0.29, 0.717) is 6.61 Å². The van der Waals surface area contributed by atoms with Gasteiger partial charge >= 0.3 is 11.8 Å². The van der Waals surface area contributed by atoms with Crippen LogP contribution in [0.3, 0.4) is 0 Å². The molecule has 1 rings (SSSR count). The van der Waals surface area contributed by atoms with E-state index in [0.717, 1.165) is 6.04 Å². The summed E-state index contributed by atoms with van der Waals surface area (Å²) in [5, 5.41) is 8.93. The van der Waals surface area contributed by atoms with Gasteiger partial charge in [-0.15, -0.1) is 0 Å². The molecule has 0 atom stereocenters. The van der Waals surface area contributed by atoms with Crippen molar-refractivity contribution in [2.24, 2.45) is 0 Å². The highest BCUT2D eigenvalue weighted by Crippen LogP contribution is 2.13. The summed E-state index contributed by atoms with van der Waals surface area (Å²) in [4.78, 5) is 17.7. The fraction of sp³-hybridized carbons (Fsp3) is 0.545. The molecule has 18 heavy (non-hydrogen) atoms. The van der Waals surface area contributed by atoms with Gasteiger partial charge in [-0.2, -0.15) is 0 Å². The summed E-state index contributed by atoms with van der Waals surface area (Å²) in [5.41, 5.74) is 0. The molecule has 1 aromatic heterocycles. The van der Waals surface area contributed by atoms with Crippen LogP contribution in [-0.2, 0) is 11.5 Å². The molecule has 0 fully saturated rings. The minimum Gasteiger partial charge on any atom is -0.474 e. The van der Waals surface area contributed by atoms with E-state index in [1.54, 1.807) is 0 Å². The Balaban J connectivity index is 2.59. The highest BCUT2D eigenvalue weighted by molar-refractivity contribution is 6.76. The molecule has 0 aliphatic rings. The van der Waals surface area contributed by atoms with Crippen LogP contribution in [0.5, 0.6) is 0 Å². The summed E-state index contributed by atoms with van der Waals surface area (Å²) in [6.45, 7) is 14.3. The molecule has 1 aromatic rings. The predicted molar refractivity (Wildman–Crippen MR) is 69.6 cm³/mol. The van der Waals surface area contributed by atoms with Crippen molar-refractivity contribution in [3.8, 4) is 0 Å². The fourth-order valence-corrected chi connectivity index (χ4v) is 2.02. The maximum absolute atomic E-state index is 10.9. The SMILES string of the molecule is [C-]#[N+]c1cn(COCC[Si](C)(C)C)c(C(=O)O)n1. The van der Waals surface area contributed by atoms with Gasteiger partial charge in [-0.1, -0.05) is 31.2 Å². The van der Waals surface area contributed by atoms with Crippen molar-refractivity contribution >= 4 is 19.9 Å². The lowest BCUT2D eigenvalue weighted by Crippen LogP contribution is -2.22. The summed E-state index contributed by atoms with van der Waals surface area (Å²) in [5.74, 6) is -1.24. The molecule has 0 saturated carbocycles. The largest absolute Gasteiger partial charge is 0.474 e. The summed E-state index contributed by atoms with van der Waals surface area (Å²) < 4.78 is 6.78. The average Bonchev–Trinajstić information content (AvgIpc) is 2.66. The number of carbonyl (C=O) groups is 1. The van der Waals surface area contributed by atoms with Gasteiger partial charge in [-0.3, -0.25) is 4.57 Å². The first-order valence-electron chi connectivity index (χ1n) is 5.59. The lowest BCUT2D eigenvalue weighted by atomic mass is 10.6. The Labute approximate surface area is 107 Å². The van der Waals surface area contributed by atoms with Crippen molar-refractivity contribution in [2.45, 2.75) is 32.4 Å². The topological polar surface area (TPSA) is 68.7 Å². The number of rotatable bonds is 6. The second-order valence-corrected chi connectivity index (χ2v) is 10.8. The lowest BCUT2D eigenvalue weighted by Gasteiger charge is -2.15. The van der Waals surface area contributed by atoms with E-state index in [1.165, 1.54) is 10.8 Å². The monoisotopic (exact) mass is 267 g/mol. The number of nitrogens with zero attached hydrogens (tertiary/aromatic N) is 3. The Hall–Kier alpha value is -1.65. The molecule has 0 bridgehead atoms. The van der Waals surface area contributed by atoms with Gasteiger partial charge in [-0.25, -0.2) is 4.79 Å². The summed E-state index contributed by atoms with van der Waals surface area (Å²) >= 11 is 0. The first-order valence-corrected chi connectivity index (χ1v) is 9.30. The van der Waals surface area contributed by atoms with Gasteiger partial charge in [0, 0.05) is 20.9 Å². The number of carboxylic acids is 1. The molecular weight excluding hydrogens is 250 g/mol. The normalized spacial score (nSPS) is 11.2. The molecule has 0 saturated heterocycles. The van der Waals surface area contributed by atoms with Gasteiger partial charge in [0.1, 0.15) is 6.73 Å². The number of imidazole rings is 1. The van der Waals surface area contributed by atoms with Crippen LogP contribution in [0.15, 0.2) is 6.20 Å². The van der Waals surface area contributed by atoms with E-state index in [4.69, 9.17) is 16.4 Å². The first kappa shape index (κ1) is 14.4. The van der Waals surface area contributed by atoms with Crippen LogP contribution in [-0.4, -0.2) is 35.3 Å². The van der Waals surface area contributed by atoms with Gasteiger partial charge in [0.2, 0.25) is 0 Å². The van der Waals surface area contributed by atoms with E-state index in [-0.39, 0.29) is 18.4 Å². The van der Waals surface area contributed by atoms with E-state index >= 15 is 0 Å². The summed E-state index contributed by atoms with van der Waals surface area (Å²) in [7, 11) is -1.15. The zero-order valence-electron chi connectivity index (χ0n) is 10.8. The minimum absolute atomic E-state index is 0.0706. The van der Waals surface area contributed by atoms with Crippen LogP contribution in [0.25, 0.3) is 4.85 Å². The van der Waals surface area contributed by atoms with Crippen LogP contribution in [0, 0.1) is 6.57 Å². The summed E-state index contributed by atoms with van der Waals surface area (Å²) in [6.07, 6.45) is 1.39. The lowest BCUT2D eigenvalue weighted by molar-refractivity contribution is 0.0613. The van der Waals surface area contributed by atoms with E-state index in [9.17, 15) is 4.79 Å². The van der Waals surface area contributed by atoms with Crippen molar-refractivity contribution in [1.29, 1.82) is 0 Å². The Bertz CT molecular complexity index is 471. The molecule has 0 aromatic carbocycles. The van der Waals surface area contributed by atoms with Crippen molar-refractivity contribution in [1.82, 2.24) is 9.55 Å². The average molecular weight is 267 g/mol. The second kappa shape index (κ2) is 5.80. The number of ether oxygens (including phenoxy) is 1. The van der Waals surface area contributed by atoms with Gasteiger partial charge < -0.3 is 14.7 Å². The fourth-order valence-electron chi connectivity index (χ4n) is 1.27. The molecule has 6 nitrogen and oxygen atoms in total. The highest BCUT2D eigenvalue weighted by atomic mass is 28.3. The van der Waals surface area contributed by atoms with Crippen LogP contribution >= 0.6 is 0 Å². The van der Waals surface area contributed by atoms with E-state index in [2.05, 4.69) is 29.5 Å². The van der Waals surface area contributed by atoms with Gasteiger partial charge in [0.15, 0.2) is 0 Å². The molecule has 0 aliphatic carbocycles. The minimum atomic E-state index is -1.15. The third-order valence-corrected chi connectivity index (χ3v) is 4.00. The van der Waals surface area contributed by atoms with Gasteiger partial charge in [0.25, 0.3) is 5.82 Å². The maximum Gasteiger partial charge on any atom is 0.397 e. The van der Waals surface area contributed by atoms with E-state index in [1.807, 2.05) is 0 Å². The maximum atomic E-state index is 10.9. The Morgan fingerprint density at radius 1 is 1.61 bits per heavy atom. The van der Waals surface area contributed by atoms with Crippen molar-refractivity contribution in [2.75, 3.05) is 6.61 Å². The smallest absolute Gasteiger partial charge is 0.397 e. The number of hydrogen-bond acceptors (Lipinski definition) is 3. The molecule has 0 amide bonds. The van der Waals surface area contributed by atoms with Crippen molar-refractivity contribution in [3.05, 3.63) is 23.4 Å². The third kappa shape index (κ3) is 4.31. The third-order valence-electron chi connectivity index (χ3n) is 2.30. The van der Waals surface area contributed by atoms with Gasteiger partial charge in [0.05, 0.1) is 0 Å². The molecule has 0 radical (unpaired) electrons. The van der Waals surface area contributed by atoms with Crippen LogP contribution in [0.2, 0.25) is 25.7 Å². The molecule has 0 spiro atoms. The summed E-state index contributed by atoms with van der Waals surface area (Å²) in [6, 6.07) is 1.01. The van der Waals surface area contributed by atoms with Crippen LogP contribution < -0.4 is 0 Å². The van der Waals surface area contributed by atoms with Crippen LogP contribution in [0.1, 0.15) is 10.6 Å². The Kier molecular flexibility index (Phi) is 4.64. The molecule has 0 unspecified atom stereocenters. The number of aromatic carboxylic acids is 1. The highest BCUT2D eigenvalue weighted by Gasteiger charge is 2.19. The number of carboxylic acid groups (broad SMARTS) is 1. The second-order valence-electron chi connectivity index (χ2n) is 5.16. The molecule has 7 heteroatoms. The van der Waals surface area contributed by atoms with Crippen molar-refractivity contribution < 1.29 is 14.6 Å². The molecule has 98 valence electrons. The quantitative estimate of drug-likeness (QED) is 0.488. The number of hydrogen-bond donors (Lipinski definition) is 1. The van der Waals surface area contributed by atoms with Gasteiger partial charge in [-0.05, 0) is 6.04 Å². The van der Waals surface area contributed by atoms with Crippen LogP contribution in [0.4, 0.5) is 5.82 Å². The van der Waals surface area contributed by atoms with Crippen molar-refractivity contribution in [3.63, 3.8) is 0 Å². The predicted octanol–water partition coefficient (Wildman–Crippen LogP) is 2.44. The zero-order chi connectivity index (χ0) is 13.8. The molecule has 1 heterocycles. The van der Waals surface area contributed by atoms with E-state index < -0.39 is 14.0 Å². The Morgan fingerprint density at radius 3 is 2.78 bits per heavy atom. The molecule has 1 N–H and O–H groups in total. The Morgan fingerprint density at radius 2 is 2.28 bits per heavy atom. The molecular formula is C11H17N3O3Si. The number of aromatic nitrogens is 2. The zero-order valence-corrected chi connectivity index (χ0v) is 11.8.